The third-order valence-corrected chi connectivity index (χ3v) is 3.72. The molecule has 0 amide bonds. The summed E-state index contributed by atoms with van der Waals surface area (Å²) < 4.78 is 10.7. The molecule has 0 spiro atoms. The fourth-order valence-electron chi connectivity index (χ4n) is 1.83. The molecule has 8 heteroatoms. The second-order valence-electron chi connectivity index (χ2n) is 5.09. The van der Waals surface area contributed by atoms with Crippen LogP contribution in [0.3, 0.4) is 0 Å². The molecule has 1 unspecified atom stereocenters. The molecular formula is C17H17BrO7. The van der Waals surface area contributed by atoms with Gasteiger partial charge in [0.25, 0.3) is 0 Å². The lowest BCUT2D eigenvalue weighted by Crippen LogP contribution is -2.15. The Bertz CT molecular complexity index is 682. The highest BCUT2D eigenvalue weighted by Crippen LogP contribution is 2.21. The minimum absolute atomic E-state index is 0.110. The number of aldehydes is 1. The van der Waals surface area contributed by atoms with Crippen molar-refractivity contribution in [3.63, 3.8) is 0 Å². The zero-order valence-corrected chi connectivity index (χ0v) is 15.0. The SMILES string of the molecule is CC(CCCC(=O)Oc1ccc(Br)c(C=O)c1)OC(=O)/C=C/C(=O)O. The van der Waals surface area contributed by atoms with Crippen LogP contribution in [0.2, 0.25) is 0 Å². The van der Waals surface area contributed by atoms with Crippen molar-refractivity contribution in [3.8, 4) is 5.75 Å². The van der Waals surface area contributed by atoms with Crippen molar-refractivity contribution in [1.29, 1.82) is 0 Å². The van der Waals surface area contributed by atoms with E-state index in [4.69, 9.17) is 14.6 Å². The van der Waals surface area contributed by atoms with Gasteiger partial charge < -0.3 is 14.6 Å². The van der Waals surface area contributed by atoms with Crippen molar-refractivity contribution in [3.05, 3.63) is 40.4 Å². The normalized spacial score (nSPS) is 11.8. The van der Waals surface area contributed by atoms with E-state index in [9.17, 15) is 19.2 Å². The standard InChI is InChI=1S/C17H17BrO7/c1-11(24-17(23)8-7-15(20)21)3-2-4-16(22)25-13-5-6-14(18)12(9-13)10-19/h5-11H,2-4H2,1H3,(H,20,21)/b8-7+. The number of hydrogen-bond donors (Lipinski definition) is 1. The summed E-state index contributed by atoms with van der Waals surface area (Å²) in [6.07, 6.45) is 2.65. The molecule has 0 fully saturated rings. The van der Waals surface area contributed by atoms with Crippen LogP contribution in [0.15, 0.2) is 34.8 Å². The maximum atomic E-state index is 11.8. The molecule has 1 N–H and O–H groups in total. The van der Waals surface area contributed by atoms with E-state index in [1.54, 1.807) is 19.1 Å². The lowest BCUT2D eigenvalue weighted by atomic mass is 10.2. The van der Waals surface area contributed by atoms with Crippen LogP contribution in [-0.4, -0.2) is 35.4 Å². The molecule has 0 radical (unpaired) electrons. The largest absolute Gasteiger partial charge is 0.478 e. The lowest BCUT2D eigenvalue weighted by Gasteiger charge is -2.11. The van der Waals surface area contributed by atoms with Gasteiger partial charge in [-0.3, -0.25) is 9.59 Å². The highest BCUT2D eigenvalue weighted by atomic mass is 79.9. The maximum absolute atomic E-state index is 11.8. The molecule has 134 valence electrons. The van der Waals surface area contributed by atoms with Gasteiger partial charge in [0.2, 0.25) is 0 Å². The van der Waals surface area contributed by atoms with Gasteiger partial charge in [-0.1, -0.05) is 15.9 Å². The first-order valence-corrected chi connectivity index (χ1v) is 8.18. The third-order valence-electron chi connectivity index (χ3n) is 3.00. The number of rotatable bonds is 9. The second kappa shape index (κ2) is 10.4. The van der Waals surface area contributed by atoms with Gasteiger partial charge in [-0.25, -0.2) is 9.59 Å². The van der Waals surface area contributed by atoms with Crippen LogP contribution in [-0.2, 0) is 19.1 Å². The molecule has 0 aliphatic heterocycles. The van der Waals surface area contributed by atoms with Crippen LogP contribution in [0.1, 0.15) is 36.5 Å². The Morgan fingerprint density at radius 3 is 2.64 bits per heavy atom. The van der Waals surface area contributed by atoms with Gasteiger partial charge in [0.15, 0.2) is 6.29 Å². The molecular weight excluding hydrogens is 396 g/mol. The van der Waals surface area contributed by atoms with Gasteiger partial charge in [0.1, 0.15) is 5.75 Å². The number of hydrogen-bond acceptors (Lipinski definition) is 6. The summed E-state index contributed by atoms with van der Waals surface area (Å²) in [4.78, 5) is 44.2. The number of carbonyl (C=O) groups excluding carboxylic acids is 3. The Morgan fingerprint density at radius 1 is 1.28 bits per heavy atom. The zero-order valence-electron chi connectivity index (χ0n) is 13.4. The quantitative estimate of drug-likeness (QED) is 0.287. The number of esters is 2. The van der Waals surface area contributed by atoms with Crippen LogP contribution in [0.5, 0.6) is 5.75 Å². The summed E-state index contributed by atoms with van der Waals surface area (Å²) >= 11 is 3.20. The first-order valence-electron chi connectivity index (χ1n) is 7.39. The predicted octanol–water partition coefficient (Wildman–Crippen LogP) is 2.91. The summed E-state index contributed by atoms with van der Waals surface area (Å²) in [7, 11) is 0. The number of carbonyl (C=O) groups is 4. The maximum Gasteiger partial charge on any atom is 0.331 e. The molecule has 25 heavy (non-hydrogen) atoms. The molecule has 0 saturated heterocycles. The topological polar surface area (TPSA) is 107 Å². The smallest absolute Gasteiger partial charge is 0.331 e. The lowest BCUT2D eigenvalue weighted by molar-refractivity contribution is -0.143. The van der Waals surface area contributed by atoms with Crippen molar-refractivity contribution in [1.82, 2.24) is 0 Å². The number of halogens is 1. The summed E-state index contributed by atoms with van der Waals surface area (Å²) in [5.74, 6) is -2.19. The highest BCUT2D eigenvalue weighted by molar-refractivity contribution is 9.10. The van der Waals surface area contributed by atoms with Crippen molar-refractivity contribution in [2.45, 2.75) is 32.3 Å². The minimum Gasteiger partial charge on any atom is -0.478 e. The molecule has 0 saturated carbocycles. The first-order chi connectivity index (χ1) is 11.8. The molecule has 7 nitrogen and oxygen atoms in total. The Labute approximate surface area is 152 Å². The van der Waals surface area contributed by atoms with Gasteiger partial charge in [-0.15, -0.1) is 0 Å². The molecule has 1 aromatic carbocycles. The van der Waals surface area contributed by atoms with Crippen LogP contribution < -0.4 is 4.74 Å². The number of aliphatic carboxylic acids is 1. The van der Waals surface area contributed by atoms with E-state index in [1.165, 1.54) is 6.07 Å². The summed E-state index contributed by atoms with van der Waals surface area (Å²) in [5, 5.41) is 8.40. The fourth-order valence-corrected chi connectivity index (χ4v) is 2.17. The van der Waals surface area contributed by atoms with E-state index in [2.05, 4.69) is 15.9 Å². The Hall–Kier alpha value is -2.48. The zero-order chi connectivity index (χ0) is 18.8. The van der Waals surface area contributed by atoms with Gasteiger partial charge in [0.05, 0.1) is 6.10 Å². The van der Waals surface area contributed by atoms with E-state index in [0.717, 1.165) is 6.08 Å². The predicted molar refractivity (Wildman–Crippen MR) is 91.3 cm³/mol. The molecule has 1 rings (SSSR count). The molecule has 0 aliphatic carbocycles. The van der Waals surface area contributed by atoms with Gasteiger partial charge in [0, 0.05) is 28.6 Å². The van der Waals surface area contributed by atoms with Crippen molar-refractivity contribution in [2.75, 3.05) is 0 Å². The summed E-state index contributed by atoms with van der Waals surface area (Å²) in [6, 6.07) is 4.63. The van der Waals surface area contributed by atoms with Crippen molar-refractivity contribution < 1.29 is 33.8 Å². The monoisotopic (exact) mass is 412 g/mol. The molecule has 1 aromatic rings. The second-order valence-corrected chi connectivity index (χ2v) is 5.94. The van der Waals surface area contributed by atoms with Crippen molar-refractivity contribution in [2.24, 2.45) is 0 Å². The van der Waals surface area contributed by atoms with E-state index >= 15 is 0 Å². The summed E-state index contributed by atoms with van der Waals surface area (Å²) in [5.41, 5.74) is 0.375. The molecule has 1 atom stereocenters. The average Bonchev–Trinajstić information content (AvgIpc) is 2.54. The van der Waals surface area contributed by atoms with Crippen molar-refractivity contribution >= 4 is 40.1 Å². The van der Waals surface area contributed by atoms with Crippen LogP contribution in [0.4, 0.5) is 0 Å². The van der Waals surface area contributed by atoms with Gasteiger partial charge >= 0.3 is 17.9 Å². The van der Waals surface area contributed by atoms with E-state index < -0.39 is 24.0 Å². The number of benzene rings is 1. The van der Waals surface area contributed by atoms with Gasteiger partial charge in [-0.05, 0) is 38.0 Å². The molecule has 0 aromatic heterocycles. The van der Waals surface area contributed by atoms with Crippen LogP contribution in [0.25, 0.3) is 0 Å². The Balaban J connectivity index is 2.36. The number of carboxylic acids is 1. The third kappa shape index (κ3) is 8.25. The molecule has 0 bridgehead atoms. The number of ether oxygens (including phenoxy) is 2. The van der Waals surface area contributed by atoms with E-state index in [0.29, 0.717) is 35.2 Å². The Morgan fingerprint density at radius 2 is 2.00 bits per heavy atom. The first kappa shape index (κ1) is 20.6. The molecule has 0 heterocycles. The summed E-state index contributed by atoms with van der Waals surface area (Å²) in [6.45, 7) is 1.64. The Kier molecular flexibility index (Phi) is 8.55. The average molecular weight is 413 g/mol. The minimum atomic E-state index is -1.24. The number of carboxylic acid groups (broad SMARTS) is 1. The van der Waals surface area contributed by atoms with E-state index in [1.807, 2.05) is 0 Å². The van der Waals surface area contributed by atoms with Gasteiger partial charge in [-0.2, -0.15) is 0 Å². The highest BCUT2D eigenvalue weighted by Gasteiger charge is 2.11. The molecule has 0 aliphatic rings. The van der Waals surface area contributed by atoms with Crippen LogP contribution >= 0.6 is 15.9 Å². The van der Waals surface area contributed by atoms with E-state index in [-0.39, 0.29) is 12.2 Å². The van der Waals surface area contributed by atoms with Crippen LogP contribution in [0, 0.1) is 0 Å². The fraction of sp³-hybridized carbons (Fsp3) is 0.294.